The molecule has 2 aromatic rings. The normalized spacial score (nSPS) is 16.1. The van der Waals surface area contributed by atoms with Crippen molar-refractivity contribution in [1.82, 2.24) is 19.6 Å². The fraction of sp³-hybridized carbons (Fsp3) is 0.375. The number of likely N-dealkylation sites (tertiary alicyclic amines) is 1. The zero-order chi connectivity index (χ0) is 17.2. The van der Waals surface area contributed by atoms with E-state index in [9.17, 15) is 13.2 Å². The molecule has 0 saturated carbocycles. The van der Waals surface area contributed by atoms with Crippen molar-refractivity contribution in [1.29, 1.82) is 0 Å². The van der Waals surface area contributed by atoms with Crippen LogP contribution in [0.15, 0.2) is 41.6 Å². The third-order valence-electron chi connectivity index (χ3n) is 4.24. The lowest BCUT2D eigenvalue weighted by Gasteiger charge is -2.31. The predicted octanol–water partition coefficient (Wildman–Crippen LogP) is 2.00. The van der Waals surface area contributed by atoms with Gasteiger partial charge in [-0.05, 0) is 31.9 Å². The first-order chi connectivity index (χ1) is 11.5. The third kappa shape index (κ3) is 3.59. The van der Waals surface area contributed by atoms with E-state index < -0.39 is 16.1 Å². The summed E-state index contributed by atoms with van der Waals surface area (Å²) in [5, 5.41) is 0. The number of aryl methyl sites for hydroxylation is 1. The van der Waals surface area contributed by atoms with Crippen molar-refractivity contribution in [2.75, 3.05) is 13.1 Å². The fourth-order valence-electron chi connectivity index (χ4n) is 2.81. The minimum Gasteiger partial charge on any atom is -0.348 e. The van der Waals surface area contributed by atoms with Gasteiger partial charge in [0.25, 0.3) is 10.0 Å². The van der Waals surface area contributed by atoms with Gasteiger partial charge in [-0.15, -0.1) is 0 Å². The summed E-state index contributed by atoms with van der Waals surface area (Å²) in [6, 6.07) is 5.82. The number of rotatable bonds is 3. The topological polar surface area (TPSA) is 95.2 Å². The van der Waals surface area contributed by atoms with Crippen LogP contribution >= 0.6 is 0 Å². The van der Waals surface area contributed by atoms with Gasteiger partial charge in [0.2, 0.25) is 0 Å². The number of aromatic amines is 1. The van der Waals surface area contributed by atoms with Crippen LogP contribution in [-0.2, 0) is 10.0 Å². The van der Waals surface area contributed by atoms with Crippen molar-refractivity contribution in [2.24, 2.45) is 0 Å². The van der Waals surface area contributed by atoms with Gasteiger partial charge in [-0.3, -0.25) is 0 Å². The first-order valence-electron chi connectivity index (χ1n) is 7.83. The van der Waals surface area contributed by atoms with E-state index in [0.29, 0.717) is 13.1 Å². The molecule has 1 aromatic carbocycles. The molecule has 1 fully saturated rings. The van der Waals surface area contributed by atoms with Gasteiger partial charge in [-0.2, -0.15) is 0 Å². The highest BCUT2D eigenvalue weighted by Gasteiger charge is 2.27. The molecule has 0 aliphatic carbocycles. The Hall–Kier alpha value is -2.35. The van der Waals surface area contributed by atoms with Crippen LogP contribution in [0.2, 0.25) is 0 Å². The summed E-state index contributed by atoms with van der Waals surface area (Å²) in [6.45, 7) is 2.87. The second-order valence-corrected chi connectivity index (χ2v) is 7.64. The maximum atomic E-state index is 12.3. The van der Waals surface area contributed by atoms with Crippen molar-refractivity contribution in [3.05, 3.63) is 48.0 Å². The zero-order valence-electron chi connectivity index (χ0n) is 13.4. The average molecular weight is 348 g/mol. The lowest BCUT2D eigenvalue weighted by Crippen LogP contribution is -2.46. The minimum absolute atomic E-state index is 0.0897. The highest BCUT2D eigenvalue weighted by molar-refractivity contribution is 7.90. The monoisotopic (exact) mass is 348 g/mol. The largest absolute Gasteiger partial charge is 0.348 e. The number of hydrogen-bond acceptors (Lipinski definition) is 4. The number of amides is 2. The summed E-state index contributed by atoms with van der Waals surface area (Å²) in [7, 11) is -3.84. The maximum absolute atomic E-state index is 12.3. The van der Waals surface area contributed by atoms with Gasteiger partial charge in [0, 0.05) is 31.4 Å². The van der Waals surface area contributed by atoms with Crippen LogP contribution in [-0.4, -0.2) is 42.4 Å². The van der Waals surface area contributed by atoms with Crippen LogP contribution in [0.4, 0.5) is 4.79 Å². The molecule has 0 bridgehead atoms. The van der Waals surface area contributed by atoms with Crippen molar-refractivity contribution < 1.29 is 13.2 Å². The van der Waals surface area contributed by atoms with E-state index in [1.807, 2.05) is 6.92 Å². The molecule has 0 atom stereocenters. The number of H-pyrrole nitrogens is 1. The fourth-order valence-corrected chi connectivity index (χ4v) is 3.78. The lowest BCUT2D eigenvalue weighted by atomic mass is 9.96. The van der Waals surface area contributed by atoms with Gasteiger partial charge < -0.3 is 9.88 Å². The molecule has 128 valence electrons. The first-order valence-corrected chi connectivity index (χ1v) is 9.32. The Labute approximate surface area is 141 Å². The van der Waals surface area contributed by atoms with Crippen LogP contribution in [0.25, 0.3) is 0 Å². The van der Waals surface area contributed by atoms with E-state index >= 15 is 0 Å². The molecule has 2 heterocycles. The molecule has 1 aliphatic heterocycles. The summed E-state index contributed by atoms with van der Waals surface area (Å²) in [4.78, 5) is 21.2. The molecule has 8 heteroatoms. The van der Waals surface area contributed by atoms with E-state index in [-0.39, 0.29) is 10.8 Å². The quantitative estimate of drug-likeness (QED) is 0.887. The van der Waals surface area contributed by atoms with Crippen molar-refractivity contribution >= 4 is 16.1 Å². The van der Waals surface area contributed by atoms with E-state index in [1.54, 1.807) is 24.5 Å². The summed E-state index contributed by atoms with van der Waals surface area (Å²) in [6.07, 6.45) is 5.00. The molecular formula is C16H20N4O3S. The highest BCUT2D eigenvalue weighted by atomic mass is 32.2. The Morgan fingerprint density at radius 2 is 1.92 bits per heavy atom. The SMILES string of the molecule is Cc1ccc(S(=O)(=O)NC(=O)N2CCC(c3ncc[nH]3)CC2)cc1. The molecule has 1 saturated heterocycles. The van der Waals surface area contributed by atoms with E-state index in [4.69, 9.17) is 0 Å². The van der Waals surface area contributed by atoms with Gasteiger partial charge >= 0.3 is 6.03 Å². The highest BCUT2D eigenvalue weighted by Crippen LogP contribution is 2.25. The van der Waals surface area contributed by atoms with E-state index in [1.165, 1.54) is 17.0 Å². The first kappa shape index (κ1) is 16.5. The molecule has 0 unspecified atom stereocenters. The van der Waals surface area contributed by atoms with Gasteiger partial charge in [-0.1, -0.05) is 17.7 Å². The molecule has 1 aliphatic rings. The van der Waals surface area contributed by atoms with Gasteiger partial charge in [0.05, 0.1) is 4.90 Å². The van der Waals surface area contributed by atoms with Gasteiger partial charge in [0.15, 0.2) is 0 Å². The number of carbonyl (C=O) groups excluding carboxylic acids is 1. The van der Waals surface area contributed by atoms with Crippen molar-refractivity contribution in [3.8, 4) is 0 Å². The molecule has 7 nitrogen and oxygen atoms in total. The number of hydrogen-bond donors (Lipinski definition) is 2. The van der Waals surface area contributed by atoms with E-state index in [2.05, 4.69) is 14.7 Å². The Morgan fingerprint density at radius 1 is 1.25 bits per heavy atom. The Kier molecular flexibility index (Phi) is 4.57. The number of urea groups is 1. The summed E-state index contributed by atoms with van der Waals surface area (Å²) in [5.41, 5.74) is 0.959. The summed E-state index contributed by atoms with van der Waals surface area (Å²) in [5.74, 6) is 1.19. The van der Waals surface area contributed by atoms with Crippen LogP contribution in [0.5, 0.6) is 0 Å². The van der Waals surface area contributed by atoms with Crippen molar-refractivity contribution in [2.45, 2.75) is 30.6 Å². The van der Waals surface area contributed by atoms with Crippen LogP contribution in [0.3, 0.4) is 0 Å². The number of imidazole rings is 1. The Morgan fingerprint density at radius 3 is 2.50 bits per heavy atom. The predicted molar refractivity (Wildman–Crippen MR) is 89.0 cm³/mol. The lowest BCUT2D eigenvalue weighted by molar-refractivity contribution is 0.186. The summed E-state index contributed by atoms with van der Waals surface area (Å²) >= 11 is 0. The van der Waals surface area contributed by atoms with Gasteiger partial charge in [0.1, 0.15) is 5.82 Å². The molecule has 0 spiro atoms. The Bertz CT molecular complexity index is 792. The number of nitrogens with one attached hydrogen (secondary N) is 2. The van der Waals surface area contributed by atoms with Crippen LogP contribution in [0, 0.1) is 6.92 Å². The molecule has 2 N–H and O–H groups in total. The van der Waals surface area contributed by atoms with Crippen molar-refractivity contribution in [3.63, 3.8) is 0 Å². The standard InChI is InChI=1S/C16H20N4O3S/c1-12-2-4-14(5-3-12)24(22,23)19-16(21)20-10-6-13(7-11-20)15-17-8-9-18-15/h2-5,8-9,13H,6-7,10-11H2,1H3,(H,17,18)(H,19,21). The minimum atomic E-state index is -3.84. The van der Waals surface area contributed by atoms with Crippen LogP contribution < -0.4 is 4.72 Å². The second-order valence-electron chi connectivity index (χ2n) is 5.96. The molecule has 0 radical (unpaired) electrons. The molecule has 24 heavy (non-hydrogen) atoms. The number of carbonyl (C=O) groups is 1. The molecule has 2 amide bonds. The summed E-state index contributed by atoms with van der Waals surface area (Å²) < 4.78 is 26.7. The third-order valence-corrected chi connectivity index (χ3v) is 5.58. The average Bonchev–Trinajstić information content (AvgIpc) is 3.09. The second kappa shape index (κ2) is 6.64. The molecule has 3 rings (SSSR count). The smallest absolute Gasteiger partial charge is 0.331 e. The van der Waals surface area contributed by atoms with Crippen LogP contribution in [0.1, 0.15) is 30.1 Å². The number of piperidine rings is 1. The maximum Gasteiger partial charge on any atom is 0.331 e. The van der Waals surface area contributed by atoms with E-state index in [0.717, 1.165) is 24.2 Å². The van der Waals surface area contributed by atoms with Gasteiger partial charge in [-0.25, -0.2) is 22.9 Å². The number of sulfonamides is 1. The molecular weight excluding hydrogens is 328 g/mol. The number of nitrogens with zero attached hydrogens (tertiary/aromatic N) is 2. The zero-order valence-corrected chi connectivity index (χ0v) is 14.2. The Balaban J connectivity index is 1.60. The number of aromatic nitrogens is 2. The number of benzene rings is 1. The molecule has 1 aromatic heterocycles.